The van der Waals surface area contributed by atoms with E-state index in [4.69, 9.17) is 16.3 Å². The summed E-state index contributed by atoms with van der Waals surface area (Å²) >= 11 is 6.06. The van der Waals surface area contributed by atoms with Gasteiger partial charge in [0.1, 0.15) is 6.61 Å². The summed E-state index contributed by atoms with van der Waals surface area (Å²) in [4.78, 5) is 17.7. The average molecular weight is 588 g/mol. The van der Waals surface area contributed by atoms with Gasteiger partial charge in [0.25, 0.3) is 0 Å². The van der Waals surface area contributed by atoms with Crippen molar-refractivity contribution in [2.75, 3.05) is 32.8 Å². The molecule has 0 unspecified atom stereocenters. The number of halogens is 1. The molecule has 0 N–H and O–H groups in total. The zero-order valence-electron chi connectivity index (χ0n) is 23.3. The third-order valence-electron chi connectivity index (χ3n) is 8.82. The van der Waals surface area contributed by atoms with Crippen LogP contribution in [-0.2, 0) is 21.2 Å². The van der Waals surface area contributed by atoms with Gasteiger partial charge >= 0.3 is 6.09 Å². The molecule has 2 aromatic carbocycles. The number of ether oxygens (including phenoxy) is 1. The SMILES string of the molecule is O=C(OC[C@H]1CCC[C@@H](CCc2ccccc2)N1S(=O)(=O)c1ccc(Cl)cc1)N1CCC(N2CCCCC2)CC1. The maximum Gasteiger partial charge on any atom is 0.409 e. The third-order valence-corrected chi connectivity index (χ3v) is 11.1. The lowest BCUT2D eigenvalue weighted by atomic mass is 9.94. The second kappa shape index (κ2) is 13.7. The van der Waals surface area contributed by atoms with Crippen LogP contribution in [0.4, 0.5) is 4.79 Å². The molecule has 0 aliphatic carbocycles. The Hall–Kier alpha value is -2.13. The first kappa shape index (κ1) is 29.4. The van der Waals surface area contributed by atoms with E-state index in [0.717, 1.165) is 32.1 Å². The van der Waals surface area contributed by atoms with E-state index in [9.17, 15) is 13.2 Å². The van der Waals surface area contributed by atoms with Gasteiger partial charge in [-0.2, -0.15) is 4.31 Å². The number of hydrogen-bond donors (Lipinski definition) is 0. The van der Waals surface area contributed by atoms with Crippen LogP contribution in [0.5, 0.6) is 0 Å². The molecule has 0 spiro atoms. The first-order valence-electron chi connectivity index (χ1n) is 14.9. The van der Waals surface area contributed by atoms with E-state index in [2.05, 4.69) is 17.0 Å². The molecule has 3 fully saturated rings. The predicted octanol–water partition coefficient (Wildman–Crippen LogP) is 5.97. The number of carbonyl (C=O) groups is 1. The Balaban J connectivity index is 1.25. The fraction of sp³-hybridized carbons (Fsp3) is 0.581. The second-order valence-corrected chi connectivity index (χ2v) is 13.7. The molecular weight excluding hydrogens is 546 g/mol. The zero-order chi connectivity index (χ0) is 28.0. The number of rotatable bonds is 8. The molecule has 3 aliphatic heterocycles. The van der Waals surface area contributed by atoms with Crippen molar-refractivity contribution in [1.82, 2.24) is 14.1 Å². The number of nitrogens with zero attached hydrogens (tertiary/aromatic N) is 3. The maximum absolute atomic E-state index is 14.0. The number of benzene rings is 2. The van der Waals surface area contributed by atoms with Crippen LogP contribution in [-0.4, -0.2) is 79.5 Å². The number of amides is 1. The monoisotopic (exact) mass is 587 g/mol. The third kappa shape index (κ3) is 7.19. The molecule has 40 heavy (non-hydrogen) atoms. The summed E-state index contributed by atoms with van der Waals surface area (Å²) in [6, 6.07) is 16.5. The topological polar surface area (TPSA) is 70.2 Å². The van der Waals surface area contributed by atoms with Crippen LogP contribution < -0.4 is 0 Å². The molecular formula is C31H42ClN3O4S. The van der Waals surface area contributed by atoms with Crippen LogP contribution >= 0.6 is 11.6 Å². The molecule has 2 atom stereocenters. The van der Waals surface area contributed by atoms with E-state index < -0.39 is 16.1 Å². The number of aryl methyl sites for hydroxylation is 1. The Morgan fingerprint density at radius 3 is 2.20 bits per heavy atom. The van der Waals surface area contributed by atoms with Gasteiger partial charge in [-0.05, 0) is 94.3 Å². The van der Waals surface area contributed by atoms with Gasteiger partial charge in [0, 0.05) is 30.2 Å². The van der Waals surface area contributed by atoms with Gasteiger partial charge in [0.15, 0.2) is 0 Å². The Bertz CT molecular complexity index is 1200. The van der Waals surface area contributed by atoms with Crippen LogP contribution in [0.1, 0.15) is 63.4 Å². The van der Waals surface area contributed by atoms with E-state index in [1.807, 2.05) is 18.2 Å². The fourth-order valence-electron chi connectivity index (χ4n) is 6.62. The number of sulfonamides is 1. The maximum atomic E-state index is 14.0. The van der Waals surface area contributed by atoms with E-state index in [-0.39, 0.29) is 23.6 Å². The zero-order valence-corrected chi connectivity index (χ0v) is 24.9. The Morgan fingerprint density at radius 1 is 0.825 bits per heavy atom. The smallest absolute Gasteiger partial charge is 0.409 e. The van der Waals surface area contributed by atoms with Gasteiger partial charge in [0.05, 0.1) is 10.9 Å². The van der Waals surface area contributed by atoms with Crippen molar-refractivity contribution >= 4 is 27.7 Å². The van der Waals surface area contributed by atoms with Crippen molar-refractivity contribution < 1.29 is 17.9 Å². The van der Waals surface area contributed by atoms with Gasteiger partial charge < -0.3 is 14.5 Å². The van der Waals surface area contributed by atoms with E-state index in [1.165, 1.54) is 37.9 Å². The summed E-state index contributed by atoms with van der Waals surface area (Å²) in [6.45, 7) is 3.79. The van der Waals surface area contributed by atoms with Crippen molar-refractivity contribution in [3.8, 4) is 0 Å². The van der Waals surface area contributed by atoms with Crippen molar-refractivity contribution in [2.45, 2.75) is 87.2 Å². The highest BCUT2D eigenvalue weighted by atomic mass is 35.5. The summed E-state index contributed by atoms with van der Waals surface area (Å²) in [6.07, 6.45) is 9.32. The van der Waals surface area contributed by atoms with Gasteiger partial charge in [-0.1, -0.05) is 54.8 Å². The van der Waals surface area contributed by atoms with Gasteiger partial charge in [0.2, 0.25) is 10.0 Å². The van der Waals surface area contributed by atoms with Gasteiger partial charge in [-0.15, -0.1) is 0 Å². The number of piperidine rings is 3. The van der Waals surface area contributed by atoms with Crippen LogP contribution in [0.25, 0.3) is 0 Å². The summed E-state index contributed by atoms with van der Waals surface area (Å²) in [7, 11) is -3.81. The molecule has 9 heteroatoms. The average Bonchev–Trinajstić information content (AvgIpc) is 3.00. The lowest BCUT2D eigenvalue weighted by Crippen LogP contribution is -2.53. The van der Waals surface area contributed by atoms with E-state index in [1.54, 1.807) is 33.5 Å². The van der Waals surface area contributed by atoms with Crippen molar-refractivity contribution in [3.63, 3.8) is 0 Å². The minimum atomic E-state index is -3.81. The van der Waals surface area contributed by atoms with Crippen molar-refractivity contribution in [1.29, 1.82) is 0 Å². The molecule has 0 bridgehead atoms. The molecule has 0 aromatic heterocycles. The fourth-order valence-corrected chi connectivity index (χ4v) is 8.64. The van der Waals surface area contributed by atoms with Crippen LogP contribution in [0.2, 0.25) is 5.02 Å². The number of hydrogen-bond acceptors (Lipinski definition) is 5. The first-order valence-corrected chi connectivity index (χ1v) is 16.7. The van der Waals surface area contributed by atoms with Gasteiger partial charge in [-0.25, -0.2) is 13.2 Å². The Morgan fingerprint density at radius 2 is 1.50 bits per heavy atom. The summed E-state index contributed by atoms with van der Waals surface area (Å²) in [5.74, 6) is 0. The lowest BCUT2D eigenvalue weighted by molar-refractivity contribution is 0.0443. The lowest BCUT2D eigenvalue weighted by Gasteiger charge is -2.42. The Labute approximate surface area is 244 Å². The molecule has 0 saturated carbocycles. The highest BCUT2D eigenvalue weighted by molar-refractivity contribution is 7.89. The Kier molecular flexibility index (Phi) is 10.0. The molecule has 3 saturated heterocycles. The van der Waals surface area contributed by atoms with Crippen molar-refractivity contribution in [2.24, 2.45) is 0 Å². The second-order valence-electron chi connectivity index (χ2n) is 11.4. The summed E-state index contributed by atoms with van der Waals surface area (Å²) < 4.78 is 35.5. The molecule has 7 nitrogen and oxygen atoms in total. The first-order chi connectivity index (χ1) is 19.4. The highest BCUT2D eigenvalue weighted by Gasteiger charge is 2.40. The summed E-state index contributed by atoms with van der Waals surface area (Å²) in [5, 5.41) is 0.493. The molecule has 218 valence electrons. The molecule has 5 rings (SSSR count). The van der Waals surface area contributed by atoms with Crippen molar-refractivity contribution in [3.05, 3.63) is 65.2 Å². The van der Waals surface area contributed by atoms with Crippen LogP contribution in [0.15, 0.2) is 59.5 Å². The minimum absolute atomic E-state index is 0.0690. The minimum Gasteiger partial charge on any atom is -0.448 e. The number of carbonyl (C=O) groups excluding carboxylic acids is 1. The van der Waals surface area contributed by atoms with Crippen LogP contribution in [0, 0.1) is 0 Å². The van der Waals surface area contributed by atoms with E-state index >= 15 is 0 Å². The van der Waals surface area contributed by atoms with Gasteiger partial charge in [-0.3, -0.25) is 0 Å². The van der Waals surface area contributed by atoms with E-state index in [0.29, 0.717) is 37.0 Å². The molecule has 3 aliphatic rings. The molecule has 1 amide bonds. The molecule has 3 heterocycles. The largest absolute Gasteiger partial charge is 0.448 e. The quantitative estimate of drug-likeness (QED) is 0.380. The molecule has 2 aromatic rings. The summed E-state index contributed by atoms with van der Waals surface area (Å²) in [5.41, 5.74) is 1.19. The highest BCUT2D eigenvalue weighted by Crippen LogP contribution is 2.33. The number of likely N-dealkylation sites (tertiary alicyclic amines) is 2. The normalized spacial score (nSPS) is 23.7. The standard InChI is InChI=1S/C31H42ClN3O4S/c32-26-13-16-30(17-14-26)40(37,38)35-28(15-12-25-8-3-1-4-9-25)10-7-11-29(35)24-39-31(36)34-22-18-27(19-23-34)33-20-5-2-6-21-33/h1,3-4,8-9,13-14,16-17,27-29H,2,5-7,10-12,15,18-24H2/t28-,29+/m0/s1. The van der Waals surface area contributed by atoms with Crippen LogP contribution in [0.3, 0.4) is 0 Å². The predicted molar refractivity (Wildman–Crippen MR) is 158 cm³/mol. The molecule has 0 radical (unpaired) electrons.